The van der Waals surface area contributed by atoms with Crippen LogP contribution in [0.3, 0.4) is 0 Å². The number of hydrogen-bond donors (Lipinski definition) is 1. The van der Waals surface area contributed by atoms with E-state index in [-0.39, 0.29) is 16.8 Å². The summed E-state index contributed by atoms with van der Waals surface area (Å²) in [6.45, 7) is 2.74. The van der Waals surface area contributed by atoms with Gasteiger partial charge < -0.3 is 9.63 Å². The van der Waals surface area contributed by atoms with Gasteiger partial charge in [-0.3, -0.25) is 0 Å². The van der Waals surface area contributed by atoms with Crippen LogP contribution in [0, 0.1) is 0 Å². The van der Waals surface area contributed by atoms with E-state index in [2.05, 4.69) is 5.16 Å². The summed E-state index contributed by atoms with van der Waals surface area (Å²) >= 11 is 0. The molecule has 84 valence electrons. The molecule has 16 heavy (non-hydrogen) atoms. The summed E-state index contributed by atoms with van der Waals surface area (Å²) in [4.78, 5) is 10.7. The third-order valence-electron chi connectivity index (χ3n) is 2.28. The van der Waals surface area contributed by atoms with Gasteiger partial charge in [0.05, 0.1) is 5.56 Å². The molecule has 1 N–H and O–H groups in total. The van der Waals surface area contributed by atoms with Crippen LogP contribution in [0.4, 0.5) is 4.39 Å². The van der Waals surface area contributed by atoms with Gasteiger partial charge in [-0.2, -0.15) is 0 Å². The Balaban J connectivity index is 2.64. The van der Waals surface area contributed by atoms with E-state index in [1.165, 1.54) is 32.0 Å². The summed E-state index contributed by atoms with van der Waals surface area (Å²) in [6, 6.07) is 4.24. The molecule has 0 aliphatic carbocycles. The lowest BCUT2D eigenvalue weighted by Crippen LogP contribution is -2.09. The minimum absolute atomic E-state index is 0.0897. The molecule has 1 aromatic heterocycles. The number of halogens is 1. The van der Waals surface area contributed by atoms with E-state index in [4.69, 9.17) is 9.63 Å². The molecule has 0 aliphatic rings. The number of hydrogen-bond acceptors (Lipinski definition) is 3. The number of aromatic carboxylic acids is 1. The number of fused-ring (bicyclic) bond motifs is 1. The summed E-state index contributed by atoms with van der Waals surface area (Å²) in [6.07, 6.45) is 0. The van der Waals surface area contributed by atoms with Gasteiger partial charge in [0.25, 0.3) is 0 Å². The van der Waals surface area contributed by atoms with Crippen LogP contribution in [0.2, 0.25) is 0 Å². The molecule has 0 saturated carbocycles. The van der Waals surface area contributed by atoms with Gasteiger partial charge in [0.1, 0.15) is 5.69 Å². The van der Waals surface area contributed by atoms with E-state index in [1.807, 2.05) is 0 Å². The van der Waals surface area contributed by atoms with E-state index in [0.717, 1.165) is 0 Å². The number of aromatic nitrogens is 1. The smallest absolute Gasteiger partial charge is 0.335 e. The maximum Gasteiger partial charge on any atom is 0.335 e. The molecule has 0 atom stereocenters. The highest BCUT2D eigenvalue weighted by Gasteiger charge is 2.26. The Morgan fingerprint density at radius 1 is 1.50 bits per heavy atom. The molecule has 0 bridgehead atoms. The first kappa shape index (κ1) is 10.6. The van der Waals surface area contributed by atoms with Crippen molar-refractivity contribution in [3.05, 3.63) is 29.5 Å². The van der Waals surface area contributed by atoms with Crippen LogP contribution >= 0.6 is 0 Å². The number of carbonyl (C=O) groups is 1. The van der Waals surface area contributed by atoms with Gasteiger partial charge >= 0.3 is 5.97 Å². The number of nitrogens with zero attached hydrogens (tertiary/aromatic N) is 1. The summed E-state index contributed by atoms with van der Waals surface area (Å²) in [5.41, 5.74) is -1.07. The lowest BCUT2D eigenvalue weighted by atomic mass is 10.0. The standard InChI is InChI=1S/C11H10FNO3/c1-11(2,12)9-7-4-3-6(10(14)15)5-8(7)16-13-9/h3-5H,1-2H3,(H,14,15). The fraction of sp³-hybridized carbons (Fsp3) is 0.273. The van der Waals surface area contributed by atoms with Crippen LogP contribution in [0.15, 0.2) is 22.7 Å². The molecule has 1 aromatic carbocycles. The molecule has 0 saturated heterocycles. The van der Waals surface area contributed by atoms with Gasteiger partial charge in [-0.15, -0.1) is 0 Å². The molecule has 2 rings (SSSR count). The maximum atomic E-state index is 13.7. The van der Waals surface area contributed by atoms with Crippen LogP contribution in [-0.4, -0.2) is 16.2 Å². The number of benzene rings is 1. The highest BCUT2D eigenvalue weighted by atomic mass is 19.1. The molecule has 4 nitrogen and oxygen atoms in total. The zero-order chi connectivity index (χ0) is 11.9. The average molecular weight is 223 g/mol. The van der Waals surface area contributed by atoms with E-state index in [0.29, 0.717) is 5.39 Å². The first-order chi connectivity index (χ1) is 7.39. The van der Waals surface area contributed by atoms with Gasteiger partial charge in [-0.25, -0.2) is 9.18 Å². The summed E-state index contributed by atoms with van der Waals surface area (Å²) in [5.74, 6) is -1.06. The molecule has 0 unspecified atom stereocenters. The number of alkyl halides is 1. The topological polar surface area (TPSA) is 63.3 Å². The Bertz CT molecular complexity index is 554. The lowest BCUT2D eigenvalue weighted by Gasteiger charge is -2.09. The SMILES string of the molecule is CC(C)(F)c1noc2cc(C(=O)O)ccc12. The first-order valence-electron chi connectivity index (χ1n) is 4.72. The number of carboxylic acid groups (broad SMARTS) is 1. The zero-order valence-corrected chi connectivity index (χ0v) is 8.82. The maximum absolute atomic E-state index is 13.7. The van der Waals surface area contributed by atoms with Crippen molar-refractivity contribution in [2.45, 2.75) is 19.5 Å². The van der Waals surface area contributed by atoms with Gasteiger partial charge in [-0.05, 0) is 32.0 Å². The normalized spacial score (nSPS) is 11.9. The van der Waals surface area contributed by atoms with Crippen molar-refractivity contribution in [3.8, 4) is 0 Å². The fourth-order valence-electron chi connectivity index (χ4n) is 1.50. The highest BCUT2D eigenvalue weighted by Crippen LogP contribution is 2.30. The number of carboxylic acids is 1. The van der Waals surface area contributed by atoms with Crippen LogP contribution in [0.1, 0.15) is 29.9 Å². The molecule has 0 amide bonds. The summed E-state index contributed by atoms with van der Waals surface area (Å²) in [5, 5.41) is 12.9. The molecule has 5 heteroatoms. The van der Waals surface area contributed by atoms with Crippen LogP contribution in [-0.2, 0) is 5.67 Å². The van der Waals surface area contributed by atoms with E-state index < -0.39 is 11.6 Å². The quantitative estimate of drug-likeness (QED) is 0.850. The fourth-order valence-corrected chi connectivity index (χ4v) is 1.50. The van der Waals surface area contributed by atoms with Crippen molar-refractivity contribution in [2.75, 3.05) is 0 Å². The van der Waals surface area contributed by atoms with E-state index in [9.17, 15) is 9.18 Å². The van der Waals surface area contributed by atoms with Crippen LogP contribution in [0.5, 0.6) is 0 Å². The second-order valence-corrected chi connectivity index (χ2v) is 4.02. The molecule has 0 radical (unpaired) electrons. The van der Waals surface area contributed by atoms with Crippen molar-refractivity contribution in [2.24, 2.45) is 0 Å². The van der Waals surface area contributed by atoms with Crippen LogP contribution in [0.25, 0.3) is 11.0 Å². The Hall–Kier alpha value is -1.91. The summed E-state index contributed by atoms with van der Waals surface area (Å²) in [7, 11) is 0. The van der Waals surface area contributed by atoms with Crippen molar-refractivity contribution in [1.82, 2.24) is 5.16 Å². The second kappa shape index (κ2) is 3.30. The van der Waals surface area contributed by atoms with Crippen molar-refractivity contribution >= 4 is 16.9 Å². The van der Waals surface area contributed by atoms with Crippen molar-refractivity contribution < 1.29 is 18.8 Å². The van der Waals surface area contributed by atoms with E-state index in [1.54, 1.807) is 0 Å². The zero-order valence-electron chi connectivity index (χ0n) is 8.82. The Labute approximate surface area is 90.7 Å². The van der Waals surface area contributed by atoms with Crippen LogP contribution < -0.4 is 0 Å². The Morgan fingerprint density at radius 3 is 2.75 bits per heavy atom. The van der Waals surface area contributed by atoms with Gasteiger partial charge in [0.15, 0.2) is 11.3 Å². The van der Waals surface area contributed by atoms with Crippen molar-refractivity contribution in [1.29, 1.82) is 0 Å². The molecule has 1 heterocycles. The molecule has 0 spiro atoms. The highest BCUT2D eigenvalue weighted by molar-refractivity contribution is 5.93. The van der Waals surface area contributed by atoms with Crippen molar-refractivity contribution in [3.63, 3.8) is 0 Å². The molecular weight excluding hydrogens is 213 g/mol. The predicted octanol–water partition coefficient (Wildman–Crippen LogP) is 2.73. The average Bonchev–Trinajstić information content (AvgIpc) is 2.58. The van der Waals surface area contributed by atoms with Gasteiger partial charge in [-0.1, -0.05) is 5.16 Å². The minimum Gasteiger partial charge on any atom is -0.478 e. The third kappa shape index (κ3) is 1.64. The molecule has 0 fully saturated rings. The Kier molecular flexibility index (Phi) is 2.18. The van der Waals surface area contributed by atoms with Gasteiger partial charge in [0, 0.05) is 5.39 Å². The lowest BCUT2D eigenvalue weighted by molar-refractivity contribution is 0.0697. The predicted molar refractivity (Wildman–Crippen MR) is 55.1 cm³/mol. The first-order valence-corrected chi connectivity index (χ1v) is 4.72. The molecule has 0 aliphatic heterocycles. The van der Waals surface area contributed by atoms with E-state index >= 15 is 0 Å². The second-order valence-electron chi connectivity index (χ2n) is 4.02. The van der Waals surface area contributed by atoms with Gasteiger partial charge in [0.2, 0.25) is 0 Å². The largest absolute Gasteiger partial charge is 0.478 e. The Morgan fingerprint density at radius 2 is 2.19 bits per heavy atom. The number of rotatable bonds is 2. The third-order valence-corrected chi connectivity index (χ3v) is 2.28. The molecule has 2 aromatic rings. The summed E-state index contributed by atoms with van der Waals surface area (Å²) < 4.78 is 18.6. The molecular formula is C11H10FNO3. The monoisotopic (exact) mass is 223 g/mol. The minimum atomic E-state index is -1.62.